The van der Waals surface area contributed by atoms with Crippen LogP contribution in [0.25, 0.3) is 26.2 Å². The zero-order valence-electron chi connectivity index (χ0n) is 24.1. The molecule has 4 rings (SSSR count). The van der Waals surface area contributed by atoms with E-state index < -0.39 is 17.6 Å². The van der Waals surface area contributed by atoms with Crippen LogP contribution in [-0.2, 0) is 9.59 Å². The van der Waals surface area contributed by atoms with Gasteiger partial charge < -0.3 is 29.2 Å². The second-order valence-electron chi connectivity index (χ2n) is 9.06. The minimum Gasteiger partial charge on any atom is -0.496 e. The molecule has 0 amide bonds. The molecule has 44 heavy (non-hydrogen) atoms. The maximum atomic E-state index is 15.4. The van der Waals surface area contributed by atoms with Gasteiger partial charge in [0.15, 0.2) is 28.9 Å². The molecular formula is C31H30F2O9S2. The lowest BCUT2D eigenvalue weighted by Gasteiger charge is -2.11. The molecule has 0 bridgehead atoms. The van der Waals surface area contributed by atoms with Crippen molar-refractivity contribution in [3.63, 3.8) is 0 Å². The number of ether oxygens (including phenoxy) is 3. The highest BCUT2D eigenvalue weighted by Crippen LogP contribution is 2.40. The van der Waals surface area contributed by atoms with Crippen LogP contribution in [0.2, 0.25) is 0 Å². The molecule has 0 aliphatic rings. The summed E-state index contributed by atoms with van der Waals surface area (Å²) in [5, 5.41) is 16.2. The Labute approximate surface area is 259 Å². The monoisotopic (exact) mass is 648 g/mol. The third kappa shape index (κ3) is 7.84. The van der Waals surface area contributed by atoms with E-state index in [-0.39, 0.29) is 88.7 Å². The molecule has 0 radical (unpaired) electrons. The number of fused-ring (bicyclic) bond motifs is 2. The average Bonchev–Trinajstić information content (AvgIpc) is 3.66. The fraction of sp³-hybridized carbons (Fsp3) is 0.290. The summed E-state index contributed by atoms with van der Waals surface area (Å²) < 4.78 is 48.1. The molecule has 234 valence electrons. The Bertz CT molecular complexity index is 1710. The van der Waals surface area contributed by atoms with Crippen LogP contribution in [0.1, 0.15) is 57.0 Å². The number of rotatable bonds is 15. The number of carbonyl (C=O) groups is 4. The van der Waals surface area contributed by atoms with Gasteiger partial charge in [-0.15, -0.1) is 22.7 Å². The van der Waals surface area contributed by atoms with Crippen LogP contribution in [0.3, 0.4) is 0 Å². The minimum atomic E-state index is -1.09. The van der Waals surface area contributed by atoms with Gasteiger partial charge in [0.2, 0.25) is 0 Å². The number of aliphatic hydroxyl groups excluding tert-OH is 1. The Morgan fingerprint density at radius 2 is 1.39 bits per heavy atom. The van der Waals surface area contributed by atoms with Crippen LogP contribution in [-0.4, -0.2) is 62.0 Å². The summed E-state index contributed by atoms with van der Waals surface area (Å²) in [6.07, 6.45) is 3.71. The summed E-state index contributed by atoms with van der Waals surface area (Å²) in [5.41, 5.74) is 0.155. The first-order valence-electron chi connectivity index (χ1n) is 13.2. The predicted molar refractivity (Wildman–Crippen MR) is 165 cm³/mol. The van der Waals surface area contributed by atoms with Crippen molar-refractivity contribution in [2.45, 2.75) is 32.1 Å². The van der Waals surface area contributed by atoms with Crippen molar-refractivity contribution in [3.05, 3.63) is 57.3 Å². The summed E-state index contributed by atoms with van der Waals surface area (Å²) in [6, 6.07) is 6.05. The minimum absolute atomic E-state index is 0.0252. The molecule has 13 heteroatoms. The molecule has 2 heterocycles. The summed E-state index contributed by atoms with van der Waals surface area (Å²) in [4.78, 5) is 46.6. The number of hydrogen-bond donors (Lipinski definition) is 2. The maximum Gasteiger partial charge on any atom is 0.303 e. The largest absolute Gasteiger partial charge is 0.496 e. The average molecular weight is 649 g/mol. The van der Waals surface area contributed by atoms with Gasteiger partial charge in [0.1, 0.15) is 17.9 Å². The van der Waals surface area contributed by atoms with Crippen LogP contribution in [0.15, 0.2) is 30.3 Å². The highest BCUT2D eigenvalue weighted by molar-refractivity contribution is 7.21. The molecule has 2 aromatic carbocycles. The second kappa shape index (κ2) is 16.0. The van der Waals surface area contributed by atoms with Gasteiger partial charge in [0.05, 0.1) is 42.6 Å². The fourth-order valence-corrected chi connectivity index (χ4v) is 6.31. The van der Waals surface area contributed by atoms with E-state index >= 15 is 8.78 Å². The van der Waals surface area contributed by atoms with Gasteiger partial charge in [-0.2, -0.15) is 0 Å². The first-order valence-corrected chi connectivity index (χ1v) is 14.9. The third-order valence-corrected chi connectivity index (χ3v) is 8.55. The number of halogens is 2. The topological polar surface area (TPSA) is 136 Å². The van der Waals surface area contributed by atoms with E-state index in [9.17, 15) is 19.2 Å². The fourth-order valence-electron chi connectivity index (χ4n) is 4.21. The number of thiophene rings is 2. The molecule has 0 saturated carbocycles. The summed E-state index contributed by atoms with van der Waals surface area (Å²) in [5.74, 6) is -2.71. The second-order valence-corrected chi connectivity index (χ2v) is 11.2. The first kappa shape index (κ1) is 34.3. The lowest BCUT2D eigenvalue weighted by atomic mass is 10.1. The molecule has 0 fully saturated rings. The number of benzene rings is 2. The number of carbonyl (C=O) groups excluding carboxylic acids is 3. The molecule has 2 aromatic heterocycles. The number of carboxylic acid groups (broad SMARTS) is 1. The van der Waals surface area contributed by atoms with Crippen LogP contribution >= 0.6 is 22.7 Å². The smallest absolute Gasteiger partial charge is 0.303 e. The van der Waals surface area contributed by atoms with Gasteiger partial charge >= 0.3 is 5.97 Å². The number of aliphatic carboxylic acids is 1. The van der Waals surface area contributed by atoms with Gasteiger partial charge in [-0.05, 0) is 24.6 Å². The van der Waals surface area contributed by atoms with E-state index in [4.69, 9.17) is 24.4 Å². The molecule has 0 aliphatic carbocycles. The number of Topliss-reactive ketones (excluding diaryl/α,β-unsaturated/α-hetero) is 2. The van der Waals surface area contributed by atoms with Gasteiger partial charge in [-0.1, -0.05) is 12.2 Å². The van der Waals surface area contributed by atoms with Gasteiger partial charge in [-0.25, -0.2) is 8.78 Å². The molecule has 0 aliphatic heterocycles. The normalized spacial score (nSPS) is 11.0. The van der Waals surface area contributed by atoms with E-state index in [0.717, 1.165) is 29.8 Å². The highest BCUT2D eigenvalue weighted by Gasteiger charge is 2.21. The van der Waals surface area contributed by atoms with Gasteiger partial charge in [0.25, 0.3) is 0 Å². The quantitative estimate of drug-likeness (QED) is 0.0819. The SMILES string of the molecule is CO.COc1cc2sc(C(=O)CCC(=O)O)cc2c(F)c1/C=C/CCOc1c(OC)cc2sc(C(=O)CCC=O)cc2c1F. The first-order chi connectivity index (χ1) is 21.2. The predicted octanol–water partition coefficient (Wildman–Crippen LogP) is 6.71. The van der Waals surface area contributed by atoms with Crippen molar-refractivity contribution in [3.8, 4) is 17.2 Å². The molecule has 0 atom stereocenters. The zero-order valence-corrected chi connectivity index (χ0v) is 25.7. The molecular weight excluding hydrogens is 618 g/mol. The van der Waals surface area contributed by atoms with E-state index in [1.807, 2.05) is 0 Å². The number of aldehydes is 1. The van der Waals surface area contributed by atoms with Gasteiger partial charge in [0, 0.05) is 52.6 Å². The Hall–Kier alpha value is -4.20. The van der Waals surface area contributed by atoms with Crippen molar-refractivity contribution in [1.82, 2.24) is 0 Å². The van der Waals surface area contributed by atoms with Gasteiger partial charge in [-0.3, -0.25) is 14.4 Å². The van der Waals surface area contributed by atoms with E-state index in [0.29, 0.717) is 20.6 Å². The Morgan fingerprint density at radius 1 is 0.818 bits per heavy atom. The third-order valence-electron chi connectivity index (χ3n) is 6.30. The lowest BCUT2D eigenvalue weighted by molar-refractivity contribution is -0.137. The number of methoxy groups -OCH3 is 2. The summed E-state index contributed by atoms with van der Waals surface area (Å²) in [6.45, 7) is 0.0252. The van der Waals surface area contributed by atoms with Crippen LogP contribution in [0, 0.1) is 11.6 Å². The van der Waals surface area contributed by atoms with Crippen molar-refractivity contribution >= 4 is 72.7 Å². The summed E-state index contributed by atoms with van der Waals surface area (Å²) >= 11 is 2.17. The summed E-state index contributed by atoms with van der Waals surface area (Å²) in [7, 11) is 3.77. The number of carboxylic acids is 1. The van der Waals surface area contributed by atoms with Crippen molar-refractivity contribution in [1.29, 1.82) is 0 Å². The maximum absolute atomic E-state index is 15.4. The van der Waals surface area contributed by atoms with E-state index in [2.05, 4.69) is 0 Å². The zero-order chi connectivity index (χ0) is 32.4. The molecule has 0 unspecified atom stereocenters. The van der Waals surface area contributed by atoms with Crippen molar-refractivity contribution in [2.75, 3.05) is 27.9 Å². The molecule has 2 N–H and O–H groups in total. The highest BCUT2D eigenvalue weighted by atomic mass is 32.1. The van der Waals surface area contributed by atoms with Crippen LogP contribution in [0.4, 0.5) is 8.78 Å². The number of aliphatic hydroxyl groups is 1. The van der Waals surface area contributed by atoms with Crippen LogP contribution < -0.4 is 14.2 Å². The van der Waals surface area contributed by atoms with E-state index in [1.165, 1.54) is 32.4 Å². The van der Waals surface area contributed by atoms with Crippen molar-refractivity contribution in [2.24, 2.45) is 0 Å². The number of ketones is 2. The standard InChI is InChI=1S/C30H26F2O8S2.CH4O/c1-38-21-14-23-17(12-26(41-23)20(35)8-9-27(36)37)28(31)16(21)6-3-4-11-40-30-22(39-2)15-24-18(29(30)32)13-25(42-24)19(34)7-5-10-33;1-2/h3,6,10,12-15H,4-5,7-9,11H2,1-2H3,(H,36,37);2H,1H3/b6-3+;. The Kier molecular flexibility index (Phi) is 12.5. The van der Waals surface area contributed by atoms with Crippen LogP contribution in [0.5, 0.6) is 17.2 Å². The Balaban J connectivity index is 0.00000259. The number of hydrogen-bond acceptors (Lipinski definition) is 10. The van der Waals surface area contributed by atoms with Crippen molar-refractivity contribution < 1.29 is 52.4 Å². The molecule has 0 spiro atoms. The Morgan fingerprint density at radius 3 is 1.95 bits per heavy atom. The lowest BCUT2D eigenvalue weighted by Crippen LogP contribution is -2.01. The molecule has 4 aromatic rings. The van der Waals surface area contributed by atoms with E-state index in [1.54, 1.807) is 18.2 Å². The molecule has 9 nitrogen and oxygen atoms in total. The molecule has 0 saturated heterocycles.